The Hall–Kier alpha value is -1.73. The summed E-state index contributed by atoms with van der Waals surface area (Å²) in [5.74, 6) is 0. The smallest absolute Gasteiger partial charge is 0.274 e. The third-order valence-corrected chi connectivity index (χ3v) is 4.62. The second kappa shape index (κ2) is 6.36. The molecule has 1 aromatic carbocycles. The zero-order chi connectivity index (χ0) is 14.7. The van der Waals surface area contributed by atoms with Crippen molar-refractivity contribution < 1.29 is 9.66 Å². The highest BCUT2D eigenvalue weighted by molar-refractivity contribution is 7.20. The average Bonchev–Trinajstić information content (AvgIpc) is 2.90. The number of nitro groups is 1. The number of nitro benzene ring substituents is 1. The van der Waals surface area contributed by atoms with E-state index >= 15 is 0 Å². The van der Waals surface area contributed by atoms with Gasteiger partial charge in [-0.25, -0.2) is 4.98 Å². The Bertz CT molecular complexity index is 637. The summed E-state index contributed by atoms with van der Waals surface area (Å²) in [5, 5.41) is 14.8. The number of non-ortho nitro benzene ring substituents is 1. The lowest BCUT2D eigenvalue weighted by molar-refractivity contribution is -0.384. The molecule has 1 atom stereocenters. The minimum Gasteiger partial charge on any atom is -0.470 e. The number of rotatable bonds is 5. The third-order valence-electron chi connectivity index (χ3n) is 3.67. The van der Waals surface area contributed by atoms with Crippen molar-refractivity contribution in [3.05, 3.63) is 28.3 Å². The van der Waals surface area contributed by atoms with Gasteiger partial charge in [0.25, 0.3) is 10.9 Å². The van der Waals surface area contributed by atoms with Crippen molar-refractivity contribution in [2.45, 2.75) is 31.7 Å². The molecule has 0 unspecified atom stereocenters. The Kier molecular flexibility index (Phi) is 4.31. The second-order valence-electron chi connectivity index (χ2n) is 5.17. The van der Waals surface area contributed by atoms with Crippen LogP contribution in [0.25, 0.3) is 10.2 Å². The summed E-state index contributed by atoms with van der Waals surface area (Å²) >= 11 is 1.43. The van der Waals surface area contributed by atoms with Gasteiger partial charge >= 0.3 is 0 Å². The van der Waals surface area contributed by atoms with Crippen LogP contribution in [0.15, 0.2) is 18.2 Å². The molecular formula is C14H17N3O3S. The van der Waals surface area contributed by atoms with Crippen LogP contribution in [0.4, 0.5) is 5.69 Å². The summed E-state index contributed by atoms with van der Waals surface area (Å²) in [6, 6.07) is 5.24. The zero-order valence-corrected chi connectivity index (χ0v) is 12.4. The highest BCUT2D eigenvalue weighted by Crippen LogP contribution is 2.30. The summed E-state index contributed by atoms with van der Waals surface area (Å²) in [4.78, 5) is 14.6. The molecule has 0 aliphatic carbocycles. The van der Waals surface area contributed by atoms with E-state index in [2.05, 4.69) is 10.3 Å². The SMILES string of the molecule is O=[N+]([O-])c1ccc2sc(OCC[C@@H]3CCCCN3)nc2c1. The number of benzene rings is 1. The molecule has 7 heteroatoms. The van der Waals surface area contributed by atoms with Gasteiger partial charge in [-0.2, -0.15) is 0 Å². The van der Waals surface area contributed by atoms with Gasteiger partial charge in [0.1, 0.15) is 0 Å². The van der Waals surface area contributed by atoms with Crippen LogP contribution in [0, 0.1) is 10.1 Å². The van der Waals surface area contributed by atoms with Gasteiger partial charge in [-0.1, -0.05) is 17.8 Å². The topological polar surface area (TPSA) is 77.3 Å². The van der Waals surface area contributed by atoms with Crippen LogP contribution < -0.4 is 10.1 Å². The van der Waals surface area contributed by atoms with Gasteiger partial charge in [-0.05, 0) is 31.9 Å². The number of piperidine rings is 1. The summed E-state index contributed by atoms with van der Waals surface area (Å²) in [6.07, 6.45) is 4.71. The van der Waals surface area contributed by atoms with E-state index in [0.717, 1.165) is 17.7 Å². The van der Waals surface area contributed by atoms with E-state index in [4.69, 9.17) is 4.74 Å². The van der Waals surface area contributed by atoms with Gasteiger partial charge in [0.2, 0.25) is 0 Å². The molecule has 3 rings (SSSR count). The molecule has 1 saturated heterocycles. The summed E-state index contributed by atoms with van der Waals surface area (Å²) in [6.45, 7) is 1.72. The maximum absolute atomic E-state index is 10.7. The number of hydrogen-bond donors (Lipinski definition) is 1. The van der Waals surface area contributed by atoms with E-state index in [1.54, 1.807) is 6.07 Å². The zero-order valence-electron chi connectivity index (χ0n) is 11.6. The van der Waals surface area contributed by atoms with E-state index in [0.29, 0.717) is 23.4 Å². The van der Waals surface area contributed by atoms with Crippen LogP contribution in [0.2, 0.25) is 0 Å². The Labute approximate surface area is 126 Å². The van der Waals surface area contributed by atoms with Crippen molar-refractivity contribution in [3.8, 4) is 5.19 Å². The maximum atomic E-state index is 10.7. The Morgan fingerprint density at radius 1 is 1.48 bits per heavy atom. The number of hydrogen-bond acceptors (Lipinski definition) is 6. The Balaban J connectivity index is 1.60. The van der Waals surface area contributed by atoms with E-state index in [9.17, 15) is 10.1 Å². The first-order valence-corrected chi connectivity index (χ1v) is 7.95. The number of thiazole rings is 1. The number of ether oxygens (including phenoxy) is 1. The molecule has 1 fully saturated rings. The number of fused-ring (bicyclic) bond motifs is 1. The molecule has 1 aromatic heterocycles. The summed E-state index contributed by atoms with van der Waals surface area (Å²) in [7, 11) is 0. The molecule has 0 spiro atoms. The molecule has 1 aliphatic heterocycles. The fourth-order valence-corrected chi connectivity index (χ4v) is 3.35. The molecule has 0 bridgehead atoms. The fraction of sp³-hybridized carbons (Fsp3) is 0.500. The van der Waals surface area contributed by atoms with Crippen molar-refractivity contribution in [1.82, 2.24) is 10.3 Å². The van der Waals surface area contributed by atoms with E-state index < -0.39 is 4.92 Å². The lowest BCUT2D eigenvalue weighted by Gasteiger charge is -2.22. The predicted molar refractivity (Wildman–Crippen MR) is 82.0 cm³/mol. The van der Waals surface area contributed by atoms with Crippen LogP contribution in [0.5, 0.6) is 5.19 Å². The van der Waals surface area contributed by atoms with E-state index in [-0.39, 0.29) is 5.69 Å². The van der Waals surface area contributed by atoms with Crippen LogP contribution in [0.1, 0.15) is 25.7 Å². The first-order chi connectivity index (χ1) is 10.2. The van der Waals surface area contributed by atoms with Gasteiger partial charge in [0.05, 0.1) is 21.7 Å². The average molecular weight is 307 g/mol. The minimum absolute atomic E-state index is 0.0609. The highest BCUT2D eigenvalue weighted by Gasteiger charge is 2.14. The van der Waals surface area contributed by atoms with Crippen LogP contribution in [0.3, 0.4) is 0 Å². The first kappa shape index (κ1) is 14.2. The number of nitrogens with one attached hydrogen (secondary N) is 1. The van der Waals surface area contributed by atoms with Crippen molar-refractivity contribution >= 4 is 27.2 Å². The van der Waals surface area contributed by atoms with Gasteiger partial charge in [-0.15, -0.1) is 0 Å². The summed E-state index contributed by atoms with van der Waals surface area (Å²) in [5.41, 5.74) is 0.686. The number of aromatic nitrogens is 1. The first-order valence-electron chi connectivity index (χ1n) is 7.13. The van der Waals surface area contributed by atoms with Gasteiger partial charge in [-0.3, -0.25) is 10.1 Å². The molecule has 6 nitrogen and oxygen atoms in total. The molecule has 112 valence electrons. The largest absolute Gasteiger partial charge is 0.470 e. The molecule has 21 heavy (non-hydrogen) atoms. The molecular weight excluding hydrogens is 290 g/mol. The van der Waals surface area contributed by atoms with Crippen LogP contribution in [-0.4, -0.2) is 29.1 Å². The predicted octanol–water partition coefficient (Wildman–Crippen LogP) is 3.12. The van der Waals surface area contributed by atoms with Crippen molar-refractivity contribution in [1.29, 1.82) is 0 Å². The van der Waals surface area contributed by atoms with Crippen LogP contribution in [-0.2, 0) is 0 Å². The standard InChI is InChI=1S/C14H17N3O3S/c18-17(19)11-4-5-13-12(9-11)16-14(21-13)20-8-6-10-3-1-2-7-15-10/h4-5,9-10,15H,1-3,6-8H2/t10-/m0/s1. The van der Waals surface area contributed by atoms with Gasteiger partial charge in [0.15, 0.2) is 0 Å². The quantitative estimate of drug-likeness (QED) is 0.678. The molecule has 2 heterocycles. The molecule has 0 radical (unpaired) electrons. The van der Waals surface area contributed by atoms with Crippen molar-refractivity contribution in [3.63, 3.8) is 0 Å². The second-order valence-corrected chi connectivity index (χ2v) is 6.17. The lowest BCUT2D eigenvalue weighted by atomic mass is 10.0. The van der Waals surface area contributed by atoms with Crippen LogP contribution >= 0.6 is 11.3 Å². The third kappa shape index (κ3) is 3.48. The molecule has 2 aromatic rings. The fourth-order valence-electron chi connectivity index (χ4n) is 2.53. The Morgan fingerprint density at radius 2 is 2.38 bits per heavy atom. The number of nitrogens with zero attached hydrogens (tertiary/aromatic N) is 2. The van der Waals surface area contributed by atoms with Crippen molar-refractivity contribution in [2.75, 3.05) is 13.2 Å². The molecule has 1 aliphatic rings. The molecule has 1 N–H and O–H groups in total. The monoisotopic (exact) mass is 307 g/mol. The minimum atomic E-state index is -0.409. The maximum Gasteiger partial charge on any atom is 0.274 e. The Morgan fingerprint density at radius 3 is 3.14 bits per heavy atom. The van der Waals surface area contributed by atoms with E-state index in [1.807, 2.05) is 0 Å². The highest BCUT2D eigenvalue weighted by atomic mass is 32.1. The normalized spacial score (nSPS) is 18.8. The van der Waals surface area contributed by atoms with Crippen molar-refractivity contribution in [2.24, 2.45) is 0 Å². The summed E-state index contributed by atoms with van der Waals surface area (Å²) < 4.78 is 6.60. The molecule has 0 saturated carbocycles. The van der Waals surface area contributed by atoms with E-state index in [1.165, 1.54) is 42.7 Å². The lowest BCUT2D eigenvalue weighted by Crippen LogP contribution is -2.35. The van der Waals surface area contributed by atoms with Gasteiger partial charge < -0.3 is 10.1 Å². The molecule has 0 amide bonds. The van der Waals surface area contributed by atoms with Gasteiger partial charge in [0, 0.05) is 18.2 Å².